The van der Waals surface area contributed by atoms with Gasteiger partial charge in [-0.3, -0.25) is 9.59 Å². The summed E-state index contributed by atoms with van der Waals surface area (Å²) < 4.78 is 11.6. The summed E-state index contributed by atoms with van der Waals surface area (Å²) in [6.45, 7) is 9.85. The summed E-state index contributed by atoms with van der Waals surface area (Å²) in [4.78, 5) is 31.3. The van der Waals surface area contributed by atoms with Crippen molar-refractivity contribution in [2.45, 2.75) is 46.6 Å². The topological polar surface area (TPSA) is 59.1 Å². The number of methoxy groups -OCH3 is 1. The maximum Gasteiger partial charge on any atom is 0.242 e. The van der Waals surface area contributed by atoms with Crippen LogP contribution in [0.1, 0.15) is 50.6 Å². The molecule has 2 heterocycles. The normalized spacial score (nSPS) is 15.5. The SMILES string of the molecule is COc1ccccc1OC[C@H]1c2ccsc2CCN1C(=O)CN(CC(C)C)C(=O)CC(C)C. The van der Waals surface area contributed by atoms with Crippen molar-refractivity contribution < 1.29 is 19.1 Å². The molecule has 1 atom stereocenters. The molecule has 6 nitrogen and oxygen atoms in total. The molecule has 0 spiro atoms. The zero-order chi connectivity index (χ0) is 24.0. The van der Waals surface area contributed by atoms with E-state index in [1.165, 1.54) is 4.88 Å². The summed E-state index contributed by atoms with van der Waals surface area (Å²) in [6, 6.07) is 9.43. The maximum atomic E-state index is 13.5. The van der Waals surface area contributed by atoms with Crippen LogP contribution in [0.15, 0.2) is 35.7 Å². The summed E-state index contributed by atoms with van der Waals surface area (Å²) in [5, 5.41) is 2.08. The number of fused-ring (bicyclic) bond motifs is 1. The largest absolute Gasteiger partial charge is 0.493 e. The molecule has 0 radical (unpaired) electrons. The summed E-state index contributed by atoms with van der Waals surface area (Å²) in [6.07, 6.45) is 1.28. The highest BCUT2D eigenvalue weighted by Crippen LogP contribution is 2.35. The number of hydrogen-bond donors (Lipinski definition) is 0. The van der Waals surface area contributed by atoms with E-state index in [1.807, 2.05) is 43.0 Å². The van der Waals surface area contributed by atoms with Crippen molar-refractivity contribution >= 4 is 23.2 Å². The first-order chi connectivity index (χ1) is 15.8. The molecule has 1 aromatic carbocycles. The van der Waals surface area contributed by atoms with Gasteiger partial charge in [0.25, 0.3) is 0 Å². The van der Waals surface area contributed by atoms with Gasteiger partial charge in [0.05, 0.1) is 19.7 Å². The molecule has 0 unspecified atom stereocenters. The lowest BCUT2D eigenvalue weighted by molar-refractivity contribution is -0.143. The van der Waals surface area contributed by atoms with Crippen molar-refractivity contribution in [3.05, 3.63) is 46.2 Å². The van der Waals surface area contributed by atoms with Gasteiger partial charge in [-0.15, -0.1) is 11.3 Å². The minimum Gasteiger partial charge on any atom is -0.493 e. The molecule has 3 rings (SSSR count). The van der Waals surface area contributed by atoms with Crippen molar-refractivity contribution in [3.8, 4) is 11.5 Å². The van der Waals surface area contributed by atoms with Gasteiger partial charge >= 0.3 is 0 Å². The number of thiophene rings is 1. The number of amides is 2. The molecule has 0 saturated carbocycles. The average molecular weight is 473 g/mol. The Bertz CT molecular complexity index is 940. The highest BCUT2D eigenvalue weighted by molar-refractivity contribution is 7.10. The Labute approximate surface area is 201 Å². The van der Waals surface area contributed by atoms with Gasteiger partial charge in [-0.05, 0) is 47.4 Å². The summed E-state index contributed by atoms with van der Waals surface area (Å²) in [5.74, 6) is 1.89. The fourth-order valence-electron chi connectivity index (χ4n) is 4.21. The number of ether oxygens (including phenoxy) is 2. The Hall–Kier alpha value is -2.54. The zero-order valence-electron chi connectivity index (χ0n) is 20.4. The Morgan fingerprint density at radius 2 is 1.85 bits per heavy atom. The molecule has 180 valence electrons. The van der Waals surface area contributed by atoms with Gasteiger partial charge < -0.3 is 19.3 Å². The van der Waals surface area contributed by atoms with Gasteiger partial charge in [-0.25, -0.2) is 0 Å². The maximum absolute atomic E-state index is 13.5. The van der Waals surface area contributed by atoms with E-state index in [0.717, 1.165) is 12.0 Å². The number of benzene rings is 1. The average Bonchev–Trinajstić information content (AvgIpc) is 3.25. The first-order valence-corrected chi connectivity index (χ1v) is 12.6. The van der Waals surface area contributed by atoms with E-state index in [4.69, 9.17) is 9.47 Å². The van der Waals surface area contributed by atoms with Crippen LogP contribution in [0.2, 0.25) is 0 Å². The summed E-state index contributed by atoms with van der Waals surface area (Å²) >= 11 is 1.72. The predicted octanol–water partition coefficient (Wildman–Crippen LogP) is 4.79. The third-order valence-corrected chi connectivity index (χ3v) is 6.72. The van der Waals surface area contributed by atoms with Crippen LogP contribution in [0.3, 0.4) is 0 Å². The number of hydrogen-bond acceptors (Lipinski definition) is 5. The molecule has 33 heavy (non-hydrogen) atoms. The van der Waals surface area contributed by atoms with Gasteiger partial charge in [-0.2, -0.15) is 0 Å². The molecule has 0 bridgehead atoms. The molecule has 0 saturated heterocycles. The molecule has 0 aliphatic carbocycles. The second-order valence-corrected chi connectivity index (χ2v) is 10.4. The van der Waals surface area contributed by atoms with Crippen LogP contribution in [0.5, 0.6) is 11.5 Å². The highest BCUT2D eigenvalue weighted by Gasteiger charge is 2.33. The molecular formula is C26H36N2O4S. The molecule has 1 aliphatic heterocycles. The van der Waals surface area contributed by atoms with E-state index >= 15 is 0 Å². The summed E-state index contributed by atoms with van der Waals surface area (Å²) in [5.41, 5.74) is 1.14. The highest BCUT2D eigenvalue weighted by atomic mass is 32.1. The first kappa shape index (κ1) is 25.1. The van der Waals surface area contributed by atoms with Gasteiger partial charge in [0.15, 0.2) is 11.5 Å². The van der Waals surface area contributed by atoms with Crippen molar-refractivity contribution in [2.24, 2.45) is 11.8 Å². The molecule has 0 fully saturated rings. The number of rotatable bonds is 10. The molecule has 2 amide bonds. The Kier molecular flexibility index (Phi) is 8.78. The molecule has 0 N–H and O–H groups in total. The van der Waals surface area contributed by atoms with E-state index < -0.39 is 0 Å². The van der Waals surface area contributed by atoms with Crippen LogP contribution in [-0.4, -0.2) is 55.0 Å². The van der Waals surface area contributed by atoms with Crippen molar-refractivity contribution in [3.63, 3.8) is 0 Å². The van der Waals surface area contributed by atoms with E-state index in [0.29, 0.717) is 43.5 Å². The van der Waals surface area contributed by atoms with Crippen LogP contribution in [-0.2, 0) is 16.0 Å². The van der Waals surface area contributed by atoms with Gasteiger partial charge in [0.1, 0.15) is 6.61 Å². The number of carbonyl (C=O) groups excluding carboxylic acids is 2. The van der Waals surface area contributed by atoms with E-state index in [2.05, 4.69) is 25.3 Å². The van der Waals surface area contributed by atoms with Crippen LogP contribution in [0.25, 0.3) is 0 Å². The second-order valence-electron chi connectivity index (χ2n) is 9.38. The molecule has 7 heteroatoms. The molecule has 2 aromatic rings. The van der Waals surface area contributed by atoms with E-state index in [1.54, 1.807) is 23.3 Å². The third kappa shape index (κ3) is 6.50. The van der Waals surface area contributed by atoms with Crippen LogP contribution < -0.4 is 9.47 Å². The Morgan fingerprint density at radius 3 is 2.52 bits per heavy atom. The van der Waals surface area contributed by atoms with Gasteiger partial charge in [0.2, 0.25) is 11.8 Å². The van der Waals surface area contributed by atoms with Crippen molar-refractivity contribution in [1.82, 2.24) is 9.80 Å². The standard InChI is InChI=1S/C26H36N2O4S/c1-18(2)14-25(29)27(15-19(3)4)16-26(30)28-12-10-24-20(11-13-33-24)21(28)17-32-23-9-7-6-8-22(23)31-5/h6-9,11,13,18-19,21H,10,12,14-17H2,1-5H3/t21-/m0/s1. The fraction of sp³-hybridized carbons (Fsp3) is 0.538. The van der Waals surface area contributed by atoms with Gasteiger partial charge in [-0.1, -0.05) is 39.8 Å². The zero-order valence-corrected chi connectivity index (χ0v) is 21.2. The Morgan fingerprint density at radius 1 is 1.12 bits per heavy atom. The molecule has 1 aliphatic rings. The van der Waals surface area contributed by atoms with Crippen LogP contribution in [0, 0.1) is 11.8 Å². The minimum atomic E-state index is -0.196. The lowest BCUT2D eigenvalue weighted by atomic mass is 10.00. The van der Waals surface area contributed by atoms with Crippen LogP contribution >= 0.6 is 11.3 Å². The number of nitrogens with zero attached hydrogens (tertiary/aromatic N) is 2. The van der Waals surface area contributed by atoms with Crippen LogP contribution in [0.4, 0.5) is 0 Å². The smallest absolute Gasteiger partial charge is 0.242 e. The van der Waals surface area contributed by atoms with Crippen molar-refractivity contribution in [1.29, 1.82) is 0 Å². The van der Waals surface area contributed by atoms with Gasteiger partial charge in [0, 0.05) is 24.4 Å². The van der Waals surface area contributed by atoms with E-state index in [9.17, 15) is 9.59 Å². The van der Waals surface area contributed by atoms with Crippen molar-refractivity contribution in [2.75, 3.05) is 33.4 Å². The number of carbonyl (C=O) groups is 2. The monoisotopic (exact) mass is 472 g/mol. The Balaban J connectivity index is 1.78. The predicted molar refractivity (Wildman–Crippen MR) is 132 cm³/mol. The molecule has 1 aromatic heterocycles. The minimum absolute atomic E-state index is 0.0294. The first-order valence-electron chi connectivity index (χ1n) is 11.7. The lowest BCUT2D eigenvalue weighted by Gasteiger charge is -2.37. The quantitative estimate of drug-likeness (QED) is 0.499. The lowest BCUT2D eigenvalue weighted by Crippen LogP contribution is -2.48. The fourth-order valence-corrected chi connectivity index (χ4v) is 5.14. The van der Waals surface area contributed by atoms with E-state index in [-0.39, 0.29) is 30.3 Å². The molecular weight excluding hydrogens is 436 g/mol. The second kappa shape index (κ2) is 11.5. The third-order valence-electron chi connectivity index (χ3n) is 5.73. The summed E-state index contributed by atoms with van der Waals surface area (Å²) in [7, 11) is 1.62. The number of para-hydroxylation sites is 2.